The monoisotopic (exact) mass is 740 g/mol. The SMILES string of the molecule is CCOC(=O)C1=C(C)N=c2s/c(=C/c3cc(Br)c(OCc4cccc(Cl)c4)c(OC)c3)c(=O)n2[C@@H]1c1ccc(OC(C)C)c(OC)c1. The number of esters is 1. The van der Waals surface area contributed by atoms with E-state index in [9.17, 15) is 9.59 Å². The summed E-state index contributed by atoms with van der Waals surface area (Å²) < 4.78 is 31.3. The van der Waals surface area contributed by atoms with Gasteiger partial charge in [-0.2, -0.15) is 0 Å². The molecule has 0 saturated carbocycles. The summed E-state index contributed by atoms with van der Waals surface area (Å²) in [5, 5.41) is 0.622. The van der Waals surface area contributed by atoms with Crippen molar-refractivity contribution >= 4 is 50.9 Å². The highest BCUT2D eigenvalue weighted by atomic mass is 79.9. The molecule has 0 amide bonds. The minimum atomic E-state index is -0.807. The molecule has 246 valence electrons. The quantitative estimate of drug-likeness (QED) is 0.160. The molecule has 1 aliphatic rings. The summed E-state index contributed by atoms with van der Waals surface area (Å²) in [5.41, 5.74) is 2.68. The number of aromatic nitrogens is 1. The van der Waals surface area contributed by atoms with Crippen LogP contribution in [0.1, 0.15) is 50.4 Å². The first-order valence-corrected chi connectivity index (χ1v) is 16.8. The number of halogens is 2. The van der Waals surface area contributed by atoms with Gasteiger partial charge in [0, 0.05) is 5.02 Å². The average molecular weight is 742 g/mol. The van der Waals surface area contributed by atoms with Crippen LogP contribution in [0.25, 0.3) is 6.08 Å². The van der Waals surface area contributed by atoms with Gasteiger partial charge < -0.3 is 23.7 Å². The predicted molar refractivity (Wildman–Crippen MR) is 186 cm³/mol. The summed E-state index contributed by atoms with van der Waals surface area (Å²) in [6, 6.07) is 15.6. The zero-order valence-electron chi connectivity index (χ0n) is 26.8. The van der Waals surface area contributed by atoms with E-state index in [0.29, 0.717) is 58.7 Å². The number of thiazole rings is 1. The Morgan fingerprint density at radius 1 is 1.09 bits per heavy atom. The van der Waals surface area contributed by atoms with Crippen LogP contribution in [0.2, 0.25) is 5.02 Å². The second-order valence-corrected chi connectivity index (χ2v) is 13.1. The molecule has 1 aromatic heterocycles. The standard InChI is InChI=1S/C35H34BrClN2O7S/c1-7-44-34(41)30-20(4)38-35-39(31(30)23-11-12-26(46-19(2)3)27(17-23)42-5)33(40)29(47-35)16-22-14-25(36)32(28(15-22)43-6)45-18-21-9-8-10-24(37)13-21/h8-17,19,31H,7,18H2,1-6H3/b29-16+/t31-/m1/s1. The molecular formula is C35H34BrClN2O7S. The van der Waals surface area contributed by atoms with E-state index in [0.717, 1.165) is 5.56 Å². The minimum Gasteiger partial charge on any atom is -0.493 e. The molecule has 0 saturated heterocycles. The van der Waals surface area contributed by atoms with Crippen LogP contribution in [-0.4, -0.2) is 37.5 Å². The van der Waals surface area contributed by atoms with Gasteiger partial charge in [-0.1, -0.05) is 41.1 Å². The van der Waals surface area contributed by atoms with E-state index in [1.165, 1.54) is 15.9 Å². The third-order valence-corrected chi connectivity index (χ3v) is 9.01. The van der Waals surface area contributed by atoms with Crippen molar-refractivity contribution in [1.29, 1.82) is 0 Å². The molecule has 0 bridgehead atoms. The van der Waals surface area contributed by atoms with Gasteiger partial charge in [0.2, 0.25) is 0 Å². The summed E-state index contributed by atoms with van der Waals surface area (Å²) in [6.07, 6.45) is 1.69. The Hall–Kier alpha value is -4.06. The maximum absolute atomic E-state index is 14.2. The summed E-state index contributed by atoms with van der Waals surface area (Å²) in [5.74, 6) is 1.48. The number of fused-ring (bicyclic) bond motifs is 1. The molecule has 9 nitrogen and oxygen atoms in total. The van der Waals surface area contributed by atoms with Crippen LogP contribution in [-0.2, 0) is 16.1 Å². The van der Waals surface area contributed by atoms with Gasteiger partial charge in [-0.05, 0) is 103 Å². The van der Waals surface area contributed by atoms with Gasteiger partial charge in [0.25, 0.3) is 5.56 Å². The van der Waals surface area contributed by atoms with Gasteiger partial charge in [0.05, 0.1) is 53.2 Å². The molecular weight excluding hydrogens is 708 g/mol. The number of nitrogens with zero attached hydrogens (tertiary/aromatic N) is 2. The molecule has 1 aliphatic heterocycles. The average Bonchev–Trinajstić information content (AvgIpc) is 3.33. The number of hydrogen-bond donors (Lipinski definition) is 0. The summed E-state index contributed by atoms with van der Waals surface area (Å²) in [4.78, 5) is 32.6. The highest BCUT2D eigenvalue weighted by Crippen LogP contribution is 2.38. The van der Waals surface area contributed by atoms with Crippen molar-refractivity contribution in [3.8, 4) is 23.0 Å². The van der Waals surface area contributed by atoms with Crippen LogP contribution in [0.15, 0.2) is 80.1 Å². The lowest BCUT2D eigenvalue weighted by atomic mass is 9.95. The van der Waals surface area contributed by atoms with Crippen molar-refractivity contribution < 1.29 is 28.5 Å². The first kappa shape index (κ1) is 34.3. The van der Waals surface area contributed by atoms with Crippen molar-refractivity contribution in [2.24, 2.45) is 4.99 Å². The third kappa shape index (κ3) is 7.42. The molecule has 47 heavy (non-hydrogen) atoms. The molecule has 3 aromatic carbocycles. The van der Waals surface area contributed by atoms with E-state index in [1.807, 2.05) is 44.2 Å². The number of carbonyl (C=O) groups excluding carboxylic acids is 1. The Kier molecular flexibility index (Phi) is 10.8. The van der Waals surface area contributed by atoms with Crippen LogP contribution in [0.3, 0.4) is 0 Å². The molecule has 0 fully saturated rings. The highest BCUT2D eigenvalue weighted by Gasteiger charge is 2.34. The van der Waals surface area contributed by atoms with Gasteiger partial charge >= 0.3 is 5.97 Å². The summed E-state index contributed by atoms with van der Waals surface area (Å²) in [6.45, 7) is 7.78. The normalized spacial score (nSPS) is 14.5. The first-order chi connectivity index (χ1) is 22.5. The fraction of sp³-hybridized carbons (Fsp3) is 0.286. The van der Waals surface area contributed by atoms with Crippen molar-refractivity contribution in [1.82, 2.24) is 4.57 Å². The van der Waals surface area contributed by atoms with E-state index < -0.39 is 12.0 Å². The van der Waals surface area contributed by atoms with E-state index in [4.69, 9.17) is 35.3 Å². The van der Waals surface area contributed by atoms with Crippen LogP contribution in [0, 0.1) is 0 Å². The van der Waals surface area contributed by atoms with Crippen LogP contribution < -0.4 is 33.8 Å². The number of hydrogen-bond acceptors (Lipinski definition) is 9. The number of rotatable bonds is 11. The van der Waals surface area contributed by atoms with E-state index >= 15 is 0 Å². The van der Waals surface area contributed by atoms with Gasteiger partial charge in [0.15, 0.2) is 27.8 Å². The minimum absolute atomic E-state index is 0.0769. The molecule has 2 heterocycles. The number of allylic oxidation sites excluding steroid dienone is 1. The zero-order valence-corrected chi connectivity index (χ0v) is 29.9. The highest BCUT2D eigenvalue weighted by molar-refractivity contribution is 9.10. The summed E-state index contributed by atoms with van der Waals surface area (Å²) >= 11 is 11.0. The molecule has 12 heteroatoms. The Balaban J connectivity index is 1.60. The van der Waals surface area contributed by atoms with Crippen molar-refractivity contribution in [3.05, 3.63) is 112 Å². The molecule has 5 rings (SSSR count). The van der Waals surface area contributed by atoms with Crippen LogP contribution in [0.5, 0.6) is 23.0 Å². The first-order valence-electron chi connectivity index (χ1n) is 14.8. The molecule has 4 aromatic rings. The lowest BCUT2D eigenvalue weighted by Crippen LogP contribution is -2.40. The number of carbonyl (C=O) groups is 1. The van der Waals surface area contributed by atoms with Crippen molar-refractivity contribution in [2.45, 2.75) is 46.4 Å². The fourth-order valence-corrected chi connectivity index (χ4v) is 7.04. The van der Waals surface area contributed by atoms with Gasteiger partial charge in [0.1, 0.15) is 6.61 Å². The van der Waals surface area contributed by atoms with E-state index in [2.05, 4.69) is 20.9 Å². The van der Waals surface area contributed by atoms with E-state index in [1.54, 1.807) is 58.4 Å². The predicted octanol–water partition coefficient (Wildman–Crippen LogP) is 6.60. The maximum atomic E-state index is 14.2. The second kappa shape index (κ2) is 14.8. The largest absolute Gasteiger partial charge is 0.493 e. The Morgan fingerprint density at radius 3 is 2.53 bits per heavy atom. The van der Waals surface area contributed by atoms with Crippen molar-refractivity contribution in [2.75, 3.05) is 20.8 Å². The number of methoxy groups -OCH3 is 2. The van der Waals surface area contributed by atoms with Gasteiger partial charge in [-0.25, -0.2) is 9.79 Å². The zero-order chi connectivity index (χ0) is 33.8. The third-order valence-electron chi connectivity index (χ3n) is 7.20. The van der Waals surface area contributed by atoms with Crippen LogP contribution >= 0.6 is 38.9 Å². The molecule has 0 radical (unpaired) electrons. The fourth-order valence-electron chi connectivity index (χ4n) is 5.21. The van der Waals surface area contributed by atoms with Crippen LogP contribution in [0.4, 0.5) is 0 Å². The maximum Gasteiger partial charge on any atom is 0.338 e. The molecule has 0 unspecified atom stereocenters. The molecule has 0 spiro atoms. The van der Waals surface area contributed by atoms with Gasteiger partial charge in [-0.3, -0.25) is 9.36 Å². The molecule has 1 atom stereocenters. The topological polar surface area (TPSA) is 97.6 Å². The Bertz CT molecular complexity index is 2040. The Labute approximate surface area is 289 Å². The smallest absolute Gasteiger partial charge is 0.338 e. The lowest BCUT2D eigenvalue weighted by molar-refractivity contribution is -0.139. The van der Waals surface area contributed by atoms with E-state index in [-0.39, 0.29) is 30.5 Å². The lowest BCUT2D eigenvalue weighted by Gasteiger charge is -2.25. The van der Waals surface area contributed by atoms with Gasteiger partial charge in [-0.15, -0.1) is 0 Å². The second-order valence-electron chi connectivity index (χ2n) is 10.8. The number of ether oxygens (including phenoxy) is 5. The summed E-state index contributed by atoms with van der Waals surface area (Å²) in [7, 11) is 3.10. The molecule has 0 aliphatic carbocycles. The van der Waals surface area contributed by atoms with Crippen molar-refractivity contribution in [3.63, 3.8) is 0 Å². The number of benzene rings is 3. The Morgan fingerprint density at radius 2 is 1.85 bits per heavy atom. The molecule has 0 N–H and O–H groups in total.